The zero-order valence-electron chi connectivity index (χ0n) is 22.4. The largest absolute Gasteiger partial charge is 0.483 e. The molecular weight excluding hydrogens is 502 g/mol. The van der Waals surface area contributed by atoms with Crippen LogP contribution in [0.4, 0.5) is 5.00 Å². The lowest BCUT2D eigenvalue weighted by Crippen LogP contribution is -2.26. The van der Waals surface area contributed by atoms with Crippen LogP contribution in [0.5, 0.6) is 5.75 Å². The SMILES string of the molecule is CCc1ccc(O[C@H](C)c2nnc(SCC(=O)Nc3sc4c(c3C#N)CC[C@H](C(C)(C)C)C4)n2C)cc1. The van der Waals surface area contributed by atoms with Crippen molar-refractivity contribution in [3.05, 3.63) is 51.7 Å². The number of amides is 1. The lowest BCUT2D eigenvalue weighted by Gasteiger charge is -2.33. The first-order chi connectivity index (χ1) is 17.6. The number of aromatic nitrogens is 3. The van der Waals surface area contributed by atoms with Gasteiger partial charge in [0.15, 0.2) is 17.1 Å². The molecule has 0 fully saturated rings. The summed E-state index contributed by atoms with van der Waals surface area (Å²) in [5.41, 5.74) is 3.23. The quantitative estimate of drug-likeness (QED) is 0.337. The molecule has 1 amide bonds. The molecule has 2 aromatic heterocycles. The highest BCUT2D eigenvalue weighted by molar-refractivity contribution is 7.99. The average Bonchev–Trinajstić information content (AvgIpc) is 3.41. The van der Waals surface area contributed by atoms with Crippen molar-refractivity contribution in [1.82, 2.24) is 14.8 Å². The Labute approximate surface area is 227 Å². The Morgan fingerprint density at radius 1 is 1.32 bits per heavy atom. The Balaban J connectivity index is 1.37. The van der Waals surface area contributed by atoms with E-state index in [1.807, 2.05) is 30.7 Å². The first-order valence-electron chi connectivity index (χ1n) is 12.7. The number of benzene rings is 1. The first kappa shape index (κ1) is 27.2. The lowest BCUT2D eigenvalue weighted by molar-refractivity contribution is -0.113. The summed E-state index contributed by atoms with van der Waals surface area (Å²) in [7, 11) is 1.88. The van der Waals surface area contributed by atoms with Gasteiger partial charge in [-0.05, 0) is 67.2 Å². The molecule has 4 rings (SSSR count). The molecule has 0 saturated carbocycles. The van der Waals surface area contributed by atoms with E-state index in [2.05, 4.69) is 61.4 Å². The van der Waals surface area contributed by atoms with Crippen LogP contribution in [-0.4, -0.2) is 26.4 Å². The van der Waals surface area contributed by atoms with Gasteiger partial charge < -0.3 is 14.6 Å². The fraction of sp³-hybridized carbons (Fsp3) is 0.500. The summed E-state index contributed by atoms with van der Waals surface area (Å²) in [4.78, 5) is 14.1. The number of nitrogens with one attached hydrogen (secondary N) is 1. The Hall–Kier alpha value is -2.83. The Morgan fingerprint density at radius 3 is 2.70 bits per heavy atom. The maximum Gasteiger partial charge on any atom is 0.235 e. The normalized spacial score (nSPS) is 16.1. The van der Waals surface area contributed by atoms with Gasteiger partial charge in [0.2, 0.25) is 5.91 Å². The van der Waals surface area contributed by atoms with Crippen molar-refractivity contribution in [3.63, 3.8) is 0 Å². The number of rotatable bonds is 8. The van der Waals surface area contributed by atoms with Crippen LogP contribution in [0.25, 0.3) is 0 Å². The minimum absolute atomic E-state index is 0.155. The molecule has 37 heavy (non-hydrogen) atoms. The highest BCUT2D eigenvalue weighted by Gasteiger charge is 2.32. The van der Waals surface area contributed by atoms with Crippen LogP contribution >= 0.6 is 23.1 Å². The van der Waals surface area contributed by atoms with Crippen molar-refractivity contribution < 1.29 is 9.53 Å². The van der Waals surface area contributed by atoms with E-state index in [1.54, 1.807) is 11.3 Å². The van der Waals surface area contributed by atoms with Crippen LogP contribution in [0.3, 0.4) is 0 Å². The zero-order valence-corrected chi connectivity index (χ0v) is 24.1. The second-order valence-electron chi connectivity index (χ2n) is 10.6. The third kappa shape index (κ3) is 6.19. The summed E-state index contributed by atoms with van der Waals surface area (Å²) >= 11 is 2.88. The molecule has 9 heteroatoms. The van der Waals surface area contributed by atoms with Gasteiger partial charge in [0.05, 0.1) is 11.3 Å². The van der Waals surface area contributed by atoms with E-state index in [0.717, 1.165) is 37.0 Å². The van der Waals surface area contributed by atoms with Crippen LogP contribution in [0.15, 0.2) is 29.4 Å². The summed E-state index contributed by atoms with van der Waals surface area (Å²) < 4.78 is 7.91. The van der Waals surface area contributed by atoms with Crippen molar-refractivity contribution in [1.29, 1.82) is 5.26 Å². The summed E-state index contributed by atoms with van der Waals surface area (Å²) in [6, 6.07) is 10.4. The van der Waals surface area contributed by atoms with E-state index >= 15 is 0 Å². The van der Waals surface area contributed by atoms with Crippen molar-refractivity contribution in [2.75, 3.05) is 11.1 Å². The maximum atomic E-state index is 12.8. The average molecular weight is 538 g/mol. The van der Waals surface area contributed by atoms with Crippen molar-refractivity contribution in [2.45, 2.75) is 71.6 Å². The second kappa shape index (κ2) is 11.3. The minimum Gasteiger partial charge on any atom is -0.483 e. The van der Waals surface area contributed by atoms with Crippen LogP contribution in [0.1, 0.15) is 74.5 Å². The molecule has 1 aliphatic carbocycles. The predicted molar refractivity (Wildman–Crippen MR) is 149 cm³/mol. The van der Waals surface area contributed by atoms with Crippen LogP contribution < -0.4 is 10.1 Å². The third-order valence-electron chi connectivity index (χ3n) is 7.06. The number of aryl methyl sites for hydroxylation is 1. The molecule has 0 spiro atoms. The monoisotopic (exact) mass is 537 g/mol. The highest BCUT2D eigenvalue weighted by Crippen LogP contribution is 2.44. The molecule has 1 aromatic carbocycles. The number of thiophene rings is 1. The van der Waals surface area contributed by atoms with Crippen molar-refractivity contribution >= 4 is 34.0 Å². The van der Waals surface area contributed by atoms with Gasteiger partial charge >= 0.3 is 0 Å². The van der Waals surface area contributed by atoms with Gasteiger partial charge in [-0.15, -0.1) is 21.5 Å². The van der Waals surface area contributed by atoms with Gasteiger partial charge in [-0.2, -0.15) is 5.26 Å². The number of anilines is 1. The fourth-order valence-electron chi connectivity index (χ4n) is 4.69. The van der Waals surface area contributed by atoms with Gasteiger partial charge in [0, 0.05) is 11.9 Å². The van der Waals surface area contributed by atoms with E-state index in [-0.39, 0.29) is 23.2 Å². The summed E-state index contributed by atoms with van der Waals surface area (Å²) in [6.45, 7) is 10.9. The van der Waals surface area contributed by atoms with Gasteiger partial charge in [0.1, 0.15) is 16.8 Å². The lowest BCUT2D eigenvalue weighted by atomic mass is 9.72. The highest BCUT2D eigenvalue weighted by atomic mass is 32.2. The Bertz CT molecular complexity index is 1300. The Kier molecular flexibility index (Phi) is 8.29. The number of carbonyl (C=O) groups is 1. The smallest absolute Gasteiger partial charge is 0.235 e. The number of ether oxygens (including phenoxy) is 1. The molecule has 7 nitrogen and oxygen atoms in total. The number of hydrogen-bond acceptors (Lipinski definition) is 7. The number of thioether (sulfide) groups is 1. The van der Waals surface area contributed by atoms with Crippen molar-refractivity contribution in [3.8, 4) is 11.8 Å². The molecular formula is C28H35N5O2S2. The molecule has 0 aliphatic heterocycles. The fourth-order valence-corrected chi connectivity index (χ4v) is 6.70. The molecule has 3 aromatic rings. The predicted octanol–water partition coefficient (Wildman–Crippen LogP) is 6.33. The van der Waals surface area contributed by atoms with E-state index in [0.29, 0.717) is 27.5 Å². The van der Waals surface area contributed by atoms with Gasteiger partial charge in [-0.1, -0.05) is 51.6 Å². The number of fused-ring (bicyclic) bond motifs is 1. The Morgan fingerprint density at radius 2 is 2.05 bits per heavy atom. The molecule has 2 atom stereocenters. The number of hydrogen-bond donors (Lipinski definition) is 1. The number of nitriles is 1. The molecule has 1 aliphatic rings. The standard InChI is InChI=1S/C28H35N5O2S2/c1-7-18-8-11-20(12-9-18)35-17(2)25-31-32-27(33(25)6)36-16-24(34)30-26-22(15-29)21-13-10-19(28(3,4)5)14-23(21)37-26/h8-9,11-12,17,19H,7,10,13-14,16H2,1-6H3,(H,30,34)/t17-,19+/m1/s1. The van der Waals surface area contributed by atoms with Crippen LogP contribution in [-0.2, 0) is 31.1 Å². The second-order valence-corrected chi connectivity index (χ2v) is 12.7. The van der Waals surface area contributed by atoms with Gasteiger partial charge in [-0.3, -0.25) is 4.79 Å². The van der Waals surface area contributed by atoms with Crippen LogP contribution in [0.2, 0.25) is 0 Å². The molecule has 0 radical (unpaired) electrons. The van der Waals surface area contributed by atoms with Gasteiger partial charge in [0.25, 0.3) is 0 Å². The summed E-state index contributed by atoms with van der Waals surface area (Å²) in [5.74, 6) is 2.07. The molecule has 0 unspecified atom stereocenters. The van der Waals surface area contributed by atoms with E-state index in [1.165, 1.54) is 22.2 Å². The number of nitrogens with zero attached hydrogens (tertiary/aromatic N) is 4. The van der Waals surface area contributed by atoms with E-state index < -0.39 is 0 Å². The molecule has 2 heterocycles. The zero-order chi connectivity index (χ0) is 26.7. The summed E-state index contributed by atoms with van der Waals surface area (Å²) in [6.07, 6.45) is 3.63. The molecule has 1 N–H and O–H groups in total. The molecule has 0 bridgehead atoms. The van der Waals surface area contributed by atoms with E-state index in [9.17, 15) is 10.1 Å². The summed E-state index contributed by atoms with van der Waals surface area (Å²) in [5, 5.41) is 22.7. The third-order valence-corrected chi connectivity index (χ3v) is 9.25. The van der Waals surface area contributed by atoms with Crippen LogP contribution in [0, 0.1) is 22.7 Å². The number of carbonyl (C=O) groups excluding carboxylic acids is 1. The first-order valence-corrected chi connectivity index (χ1v) is 14.5. The van der Waals surface area contributed by atoms with Crippen molar-refractivity contribution in [2.24, 2.45) is 18.4 Å². The molecule has 0 saturated heterocycles. The maximum absolute atomic E-state index is 12.8. The molecule has 196 valence electrons. The van der Waals surface area contributed by atoms with E-state index in [4.69, 9.17) is 4.74 Å². The van der Waals surface area contributed by atoms with Gasteiger partial charge in [-0.25, -0.2) is 0 Å². The topological polar surface area (TPSA) is 92.8 Å². The minimum atomic E-state index is -0.291.